The highest BCUT2D eigenvalue weighted by Crippen LogP contribution is 2.41. The van der Waals surface area contributed by atoms with E-state index in [0.29, 0.717) is 5.46 Å². The van der Waals surface area contributed by atoms with Crippen molar-refractivity contribution in [1.29, 1.82) is 0 Å². The van der Waals surface area contributed by atoms with E-state index in [9.17, 15) is 26.9 Å². The second-order valence-corrected chi connectivity index (χ2v) is 18.0. The van der Waals surface area contributed by atoms with Crippen molar-refractivity contribution in [2.24, 2.45) is 0 Å². The molecule has 4 aromatic carbocycles. The summed E-state index contributed by atoms with van der Waals surface area (Å²) in [5, 5.41) is 24.4. The lowest BCUT2D eigenvalue weighted by atomic mass is 9.78. The number of nitrogens with zero attached hydrogens (tertiary/aromatic N) is 2. The quantitative estimate of drug-likeness (QED) is 0.0805. The van der Waals surface area contributed by atoms with Gasteiger partial charge in [0.25, 0.3) is 16.8 Å². The average molecular weight is 898 g/mol. The van der Waals surface area contributed by atoms with E-state index in [-0.39, 0.29) is 83.3 Å². The highest BCUT2D eigenvalue weighted by molar-refractivity contribution is 7.93. The maximum absolute atomic E-state index is 14.4. The van der Waals surface area contributed by atoms with Gasteiger partial charge in [-0.05, 0) is 91.9 Å². The van der Waals surface area contributed by atoms with Gasteiger partial charge in [-0.1, -0.05) is 17.3 Å². The Balaban J connectivity index is 1.37. The van der Waals surface area contributed by atoms with Gasteiger partial charge in [0, 0.05) is 0 Å². The molecule has 2 aromatic heterocycles. The SMILES string of the molecule is COc1cccc(OC)c1S(=O)(=O)Nc1noc2cc(B(O)O)cc(OC[n+]3oc4cc(B5OC(C)(C)C(C)(C)O5)cc(OC)c4c3NS(=O)(=O)c3c(OC)cccc3OC)c12. The molecule has 0 bridgehead atoms. The lowest BCUT2D eigenvalue weighted by Crippen LogP contribution is -2.41. The molecular weight excluding hydrogens is 854 g/mol. The molecule has 3 heterocycles. The second kappa shape index (κ2) is 16.4. The first-order chi connectivity index (χ1) is 29.3. The highest BCUT2D eigenvalue weighted by atomic mass is 32.2. The number of methoxy groups -OCH3 is 5. The summed E-state index contributed by atoms with van der Waals surface area (Å²) in [7, 11) is -5.45. The summed E-state index contributed by atoms with van der Waals surface area (Å²) in [4.78, 5) is -0.680. The monoisotopic (exact) mass is 897 g/mol. The molecule has 1 aliphatic rings. The van der Waals surface area contributed by atoms with Crippen molar-refractivity contribution in [3.8, 4) is 34.5 Å². The molecule has 62 heavy (non-hydrogen) atoms. The number of nitrogens with one attached hydrogen (secondary N) is 2. The average Bonchev–Trinajstić information content (AvgIpc) is 3.87. The number of aromatic nitrogens is 2. The molecule has 6 aromatic rings. The van der Waals surface area contributed by atoms with Crippen molar-refractivity contribution in [1.82, 2.24) is 5.16 Å². The molecule has 1 saturated heterocycles. The van der Waals surface area contributed by atoms with Gasteiger partial charge in [-0.25, -0.2) is 8.42 Å². The Hall–Kier alpha value is -5.91. The van der Waals surface area contributed by atoms with E-state index in [1.54, 1.807) is 24.3 Å². The Morgan fingerprint density at radius 1 is 0.694 bits per heavy atom. The Labute approximate surface area is 356 Å². The Morgan fingerprint density at radius 3 is 1.71 bits per heavy atom. The topological polar surface area (TPSA) is 250 Å². The Bertz CT molecular complexity index is 2840. The molecule has 20 nitrogen and oxygen atoms in total. The van der Waals surface area contributed by atoms with E-state index in [0.717, 1.165) is 4.74 Å². The number of fused-ring (bicyclic) bond motifs is 2. The Kier molecular flexibility index (Phi) is 11.7. The summed E-state index contributed by atoms with van der Waals surface area (Å²) in [5.41, 5.74) is -1.09. The number of anilines is 2. The summed E-state index contributed by atoms with van der Waals surface area (Å²) >= 11 is 0. The molecule has 0 amide bonds. The zero-order valence-electron chi connectivity index (χ0n) is 35.0. The highest BCUT2D eigenvalue weighted by Gasteiger charge is 2.52. The van der Waals surface area contributed by atoms with E-state index in [1.165, 1.54) is 71.9 Å². The van der Waals surface area contributed by atoms with E-state index >= 15 is 0 Å². The van der Waals surface area contributed by atoms with Gasteiger partial charge in [-0.2, -0.15) is 13.1 Å². The number of ether oxygens (including phenoxy) is 6. The van der Waals surface area contributed by atoms with Gasteiger partial charge in [0.05, 0.1) is 46.8 Å². The maximum Gasteiger partial charge on any atom is 0.495 e. The first kappa shape index (κ1) is 44.2. The van der Waals surface area contributed by atoms with Crippen molar-refractivity contribution >= 4 is 78.8 Å². The lowest BCUT2D eigenvalue weighted by molar-refractivity contribution is -0.867. The van der Waals surface area contributed by atoms with Crippen LogP contribution in [0.5, 0.6) is 34.5 Å². The van der Waals surface area contributed by atoms with Gasteiger partial charge in [0.15, 0.2) is 32.2 Å². The summed E-state index contributed by atoms with van der Waals surface area (Å²) in [6.45, 7) is 6.92. The molecule has 7 rings (SSSR count). The van der Waals surface area contributed by atoms with Crippen LogP contribution in [0, 0.1) is 0 Å². The molecule has 0 saturated carbocycles. The predicted octanol–water partition coefficient (Wildman–Crippen LogP) is 2.52. The van der Waals surface area contributed by atoms with E-state index in [1.807, 2.05) is 27.7 Å². The summed E-state index contributed by atoms with van der Waals surface area (Å²) in [6, 6.07) is 14.5. The van der Waals surface area contributed by atoms with Crippen molar-refractivity contribution in [2.45, 2.75) is 55.4 Å². The molecule has 0 spiro atoms. The zero-order valence-corrected chi connectivity index (χ0v) is 36.6. The summed E-state index contributed by atoms with van der Waals surface area (Å²) in [5.74, 6) is -0.750. The van der Waals surface area contributed by atoms with Crippen LogP contribution >= 0.6 is 0 Å². The molecule has 0 radical (unpaired) electrons. The maximum atomic E-state index is 14.4. The van der Waals surface area contributed by atoms with Crippen LogP contribution in [-0.4, -0.2) is 93.0 Å². The fourth-order valence-electron chi connectivity index (χ4n) is 6.71. The van der Waals surface area contributed by atoms with E-state index in [2.05, 4.69) is 14.6 Å². The minimum atomic E-state index is -4.59. The first-order valence-electron chi connectivity index (χ1n) is 18.6. The van der Waals surface area contributed by atoms with Crippen LogP contribution in [0.3, 0.4) is 0 Å². The number of hydrogen-bond acceptors (Lipinski definition) is 17. The molecule has 1 fully saturated rings. The van der Waals surface area contributed by atoms with Gasteiger partial charge in [0.2, 0.25) is 0 Å². The fraction of sp³-hybridized carbons (Fsp3) is 0.316. The van der Waals surface area contributed by atoms with E-state index < -0.39 is 52.2 Å². The van der Waals surface area contributed by atoms with Crippen molar-refractivity contribution in [3.63, 3.8) is 0 Å². The van der Waals surface area contributed by atoms with Gasteiger partial charge >= 0.3 is 30.1 Å². The smallest absolute Gasteiger partial charge is 0.495 e. The van der Waals surface area contributed by atoms with E-state index in [4.69, 9.17) is 46.8 Å². The van der Waals surface area contributed by atoms with Gasteiger partial charge in [-0.15, -0.1) is 0 Å². The number of hydrogen-bond donors (Lipinski definition) is 4. The van der Waals surface area contributed by atoms with Crippen LogP contribution in [0.2, 0.25) is 0 Å². The molecule has 4 N–H and O–H groups in total. The molecule has 0 unspecified atom stereocenters. The second-order valence-electron chi connectivity index (χ2n) is 14.8. The number of sulfonamides is 2. The van der Waals surface area contributed by atoms with Crippen molar-refractivity contribution in [2.75, 3.05) is 45.0 Å². The molecule has 0 aliphatic carbocycles. The van der Waals surface area contributed by atoms with Crippen LogP contribution in [-0.2, 0) is 36.1 Å². The molecule has 328 valence electrons. The van der Waals surface area contributed by atoms with Crippen LogP contribution in [0.1, 0.15) is 27.7 Å². The molecule has 24 heteroatoms. The third kappa shape index (κ3) is 7.88. The Morgan fingerprint density at radius 2 is 1.21 bits per heavy atom. The normalized spacial score (nSPS) is 14.8. The molecular formula is C38H43B2N4O16S2+. The third-order valence-electron chi connectivity index (χ3n) is 10.5. The van der Waals surface area contributed by atoms with Crippen molar-refractivity contribution < 1.29 is 78.4 Å². The van der Waals surface area contributed by atoms with Gasteiger partial charge in [0.1, 0.15) is 39.9 Å². The van der Waals surface area contributed by atoms with Crippen LogP contribution < -0.4 is 53.5 Å². The summed E-state index contributed by atoms with van der Waals surface area (Å²) < 4.78 is 120. The van der Waals surface area contributed by atoms with Gasteiger partial charge in [-0.3, -0.25) is 9.25 Å². The summed E-state index contributed by atoms with van der Waals surface area (Å²) in [6.07, 6.45) is 0. The van der Waals surface area contributed by atoms with Crippen LogP contribution in [0.25, 0.3) is 21.9 Å². The largest absolute Gasteiger partial charge is 0.496 e. The standard InChI is InChI=1S/C38H42B2N4O16S2/c1-37(2)38(3,4)60-40(59-37)22-18-27(55-9)32-30(19-22)58-44(36(32)43-62(49,50)34-25(53-7)14-11-15-26(34)54-8)20-56-28-16-21(39(45)46)17-29-31(28)35(41-57-29)42-61(47,48)33-23(51-5)12-10-13-24(33)52-6/h10-19,45-46H,20H2,1-9H3,(H,41,42)/p+1. The predicted molar refractivity (Wildman–Crippen MR) is 224 cm³/mol. The number of rotatable bonds is 16. The third-order valence-corrected chi connectivity index (χ3v) is 13.3. The molecule has 0 atom stereocenters. The minimum Gasteiger partial charge on any atom is -0.496 e. The van der Waals surface area contributed by atoms with Gasteiger partial charge < -0.3 is 52.3 Å². The number of benzene rings is 4. The van der Waals surface area contributed by atoms with Crippen LogP contribution in [0.4, 0.5) is 11.6 Å². The molecule has 1 aliphatic heterocycles. The zero-order chi connectivity index (χ0) is 44.9. The lowest BCUT2D eigenvalue weighted by Gasteiger charge is -2.32. The van der Waals surface area contributed by atoms with Crippen LogP contribution in [0.15, 0.2) is 79.5 Å². The minimum absolute atomic E-state index is 0.0302. The van der Waals surface area contributed by atoms with Crippen molar-refractivity contribution in [3.05, 3.63) is 60.7 Å². The fourth-order valence-corrected chi connectivity index (χ4v) is 9.43. The first-order valence-corrected chi connectivity index (χ1v) is 21.6.